The molecular weight excluding hydrogens is 725 g/mol. The van der Waals surface area contributed by atoms with Gasteiger partial charge in [0, 0.05) is 31.1 Å². The number of nitrogens with one attached hydrogen (secondary N) is 4. The number of aromatic amines is 2. The maximum absolute atomic E-state index is 13.5. The summed E-state index contributed by atoms with van der Waals surface area (Å²) in [5.41, 5.74) is 6.65. The second kappa shape index (κ2) is 16.9. The molecule has 0 radical (unpaired) electrons. The normalized spacial score (nSPS) is 17.9. The first-order valence-corrected chi connectivity index (χ1v) is 19.7. The summed E-state index contributed by atoms with van der Waals surface area (Å²) >= 11 is 0. The number of H-pyrrole nitrogens is 2. The van der Waals surface area contributed by atoms with Crippen LogP contribution in [0.4, 0.5) is 4.79 Å². The quantitative estimate of drug-likeness (QED) is 0.116. The van der Waals surface area contributed by atoms with Gasteiger partial charge in [-0.25, -0.2) is 19.7 Å². The molecule has 0 bridgehead atoms. The number of imidazole rings is 2. The first-order valence-electron chi connectivity index (χ1n) is 19.7. The van der Waals surface area contributed by atoms with Crippen LogP contribution in [-0.2, 0) is 19.1 Å². The third-order valence-corrected chi connectivity index (χ3v) is 10.9. The van der Waals surface area contributed by atoms with E-state index >= 15 is 0 Å². The third-order valence-electron chi connectivity index (χ3n) is 10.9. The van der Waals surface area contributed by atoms with E-state index in [2.05, 4.69) is 30.6 Å². The molecule has 0 unspecified atom stereocenters. The van der Waals surface area contributed by atoms with Gasteiger partial charge in [0.25, 0.3) is 0 Å². The van der Waals surface area contributed by atoms with Crippen LogP contribution in [0.15, 0.2) is 61.1 Å². The van der Waals surface area contributed by atoms with Crippen LogP contribution < -0.4 is 10.6 Å². The monoisotopic (exact) mass is 774 g/mol. The maximum Gasteiger partial charge on any atom is 0.407 e. The summed E-state index contributed by atoms with van der Waals surface area (Å²) in [5, 5.41) is 5.52. The fourth-order valence-corrected chi connectivity index (χ4v) is 7.94. The van der Waals surface area contributed by atoms with E-state index < -0.39 is 18.2 Å². The van der Waals surface area contributed by atoms with Crippen LogP contribution in [-0.4, -0.2) is 95.8 Å². The van der Waals surface area contributed by atoms with Crippen LogP contribution in [0.3, 0.4) is 0 Å². The Hall–Kier alpha value is -6.12. The zero-order chi connectivity index (χ0) is 40.2. The van der Waals surface area contributed by atoms with E-state index in [9.17, 15) is 19.2 Å². The van der Waals surface area contributed by atoms with Crippen molar-refractivity contribution in [3.63, 3.8) is 0 Å². The fraction of sp³-hybridized carbons (Fsp3) is 0.429. The average Bonchev–Trinajstić information content (AvgIpc) is 4.05. The highest BCUT2D eigenvalue weighted by atomic mass is 16.5. The third kappa shape index (κ3) is 8.37. The molecule has 57 heavy (non-hydrogen) atoms. The van der Waals surface area contributed by atoms with Crippen LogP contribution in [0, 0.1) is 5.92 Å². The smallest absolute Gasteiger partial charge is 0.407 e. The van der Waals surface area contributed by atoms with E-state index in [0.717, 1.165) is 82.7 Å². The summed E-state index contributed by atoms with van der Waals surface area (Å²) in [6.45, 7) is 8.45. The number of benzene rings is 2. The lowest BCUT2D eigenvalue weighted by Gasteiger charge is -2.30. The van der Waals surface area contributed by atoms with Gasteiger partial charge in [0.2, 0.25) is 17.7 Å². The number of aromatic nitrogens is 6. The van der Waals surface area contributed by atoms with Crippen LogP contribution in [0.2, 0.25) is 0 Å². The predicted octanol–water partition coefficient (Wildman–Crippen LogP) is 6.09. The molecule has 2 fully saturated rings. The van der Waals surface area contributed by atoms with Crippen molar-refractivity contribution in [2.45, 2.75) is 90.4 Å². The highest BCUT2D eigenvalue weighted by Crippen LogP contribution is 2.35. The van der Waals surface area contributed by atoms with Gasteiger partial charge in [-0.1, -0.05) is 57.5 Å². The number of nitrogens with zero attached hydrogens (tertiary/aromatic N) is 6. The predicted molar refractivity (Wildman–Crippen MR) is 214 cm³/mol. The Morgan fingerprint density at radius 2 is 1.39 bits per heavy atom. The summed E-state index contributed by atoms with van der Waals surface area (Å²) in [6, 6.07) is 12.3. The van der Waals surface area contributed by atoms with Gasteiger partial charge in [0.15, 0.2) is 0 Å². The van der Waals surface area contributed by atoms with E-state index in [4.69, 9.17) is 14.7 Å². The molecule has 2 aromatic carbocycles. The Balaban J connectivity index is 1.02. The molecule has 15 nitrogen and oxygen atoms in total. The Morgan fingerprint density at radius 1 is 0.789 bits per heavy atom. The van der Waals surface area contributed by atoms with E-state index in [-0.39, 0.29) is 35.7 Å². The van der Waals surface area contributed by atoms with Gasteiger partial charge in [-0.3, -0.25) is 19.4 Å². The van der Waals surface area contributed by atoms with E-state index in [1.54, 1.807) is 23.5 Å². The van der Waals surface area contributed by atoms with Crippen molar-refractivity contribution >= 4 is 34.8 Å². The van der Waals surface area contributed by atoms with Gasteiger partial charge in [0.05, 0.1) is 65.9 Å². The van der Waals surface area contributed by atoms with Crippen LogP contribution in [0.5, 0.6) is 0 Å². The molecule has 0 saturated carbocycles. The Kier molecular flexibility index (Phi) is 11.6. The van der Waals surface area contributed by atoms with Crippen molar-refractivity contribution in [1.82, 2.24) is 50.3 Å². The highest BCUT2D eigenvalue weighted by molar-refractivity contribution is 5.88. The number of amides is 4. The van der Waals surface area contributed by atoms with Crippen molar-refractivity contribution in [1.29, 1.82) is 0 Å². The summed E-state index contributed by atoms with van der Waals surface area (Å²) in [4.78, 5) is 80.3. The Bertz CT molecular complexity index is 2250. The molecule has 2 saturated heterocycles. The highest BCUT2D eigenvalue weighted by Gasteiger charge is 2.38. The zero-order valence-corrected chi connectivity index (χ0v) is 33.0. The molecular formula is C42H50N10O5. The van der Waals surface area contributed by atoms with Gasteiger partial charge in [0.1, 0.15) is 23.7 Å². The van der Waals surface area contributed by atoms with Crippen molar-refractivity contribution in [3.05, 3.63) is 72.7 Å². The van der Waals surface area contributed by atoms with Crippen molar-refractivity contribution in [2.75, 3.05) is 20.2 Å². The number of carbonyl (C=O) groups is 4. The zero-order valence-electron chi connectivity index (χ0n) is 33.0. The topological polar surface area (TPSA) is 191 Å². The molecule has 7 rings (SSSR count). The number of ether oxygens (including phenoxy) is 1. The number of hydrogen-bond donors (Lipinski definition) is 4. The van der Waals surface area contributed by atoms with Gasteiger partial charge >= 0.3 is 6.09 Å². The van der Waals surface area contributed by atoms with E-state index in [0.29, 0.717) is 25.3 Å². The number of likely N-dealkylation sites (tertiary alicyclic amines) is 2. The lowest BCUT2D eigenvalue weighted by atomic mass is 10.0. The lowest BCUT2D eigenvalue weighted by Crippen LogP contribution is -2.51. The molecule has 0 spiro atoms. The summed E-state index contributed by atoms with van der Waals surface area (Å²) in [5.74, 6) is 0.905. The summed E-state index contributed by atoms with van der Waals surface area (Å²) in [6.07, 6.45) is 9.37. The molecule has 298 valence electrons. The molecule has 3 aromatic heterocycles. The minimum absolute atomic E-state index is 0.0665. The van der Waals surface area contributed by atoms with Gasteiger partial charge in [-0.2, -0.15) is 0 Å². The number of hydrogen-bond acceptors (Lipinski definition) is 9. The van der Waals surface area contributed by atoms with Gasteiger partial charge < -0.3 is 35.1 Å². The standard InChI is InChI=1S/C42H50N10O5/c1-6-9-30(46-25(4)53)40(54)51-18-7-10-35(51)38-45-23-34(49-38)28-16-17-29-31(20-28)43-21-32(47-29)26-12-14-27(15-13-26)33-22-44-39(48-33)36-11-8-19-52(36)41(55)37(24(2)3)50-42(56)57-5/h12-17,20-24,30,35-37H,6-11,18-19H2,1-5H3,(H,44,48)(H,45,49)(H,46,53)(H,50,56)/t30-,35-,36-,37-/m0/s1. The molecule has 4 atom stereocenters. The first-order chi connectivity index (χ1) is 27.5. The van der Waals surface area contributed by atoms with Crippen LogP contribution >= 0.6 is 0 Å². The Labute approximate surface area is 331 Å². The molecule has 4 N–H and O–H groups in total. The molecule has 0 aliphatic carbocycles. The molecule has 2 aliphatic rings. The maximum atomic E-state index is 13.5. The molecule has 4 amide bonds. The number of rotatable bonds is 12. The number of carbonyl (C=O) groups excluding carboxylic acids is 4. The second-order valence-corrected chi connectivity index (χ2v) is 15.2. The van der Waals surface area contributed by atoms with E-state index in [1.165, 1.54) is 14.0 Å². The minimum Gasteiger partial charge on any atom is -0.453 e. The second-order valence-electron chi connectivity index (χ2n) is 15.2. The van der Waals surface area contributed by atoms with Crippen molar-refractivity contribution in [3.8, 4) is 33.8 Å². The number of alkyl carbamates (subject to hydrolysis) is 1. The fourth-order valence-electron chi connectivity index (χ4n) is 7.94. The molecule has 5 heterocycles. The van der Waals surface area contributed by atoms with Crippen molar-refractivity contribution < 1.29 is 23.9 Å². The molecule has 2 aliphatic heterocycles. The van der Waals surface area contributed by atoms with Gasteiger partial charge in [-0.05, 0) is 55.7 Å². The number of methoxy groups -OCH3 is 1. The molecule has 15 heteroatoms. The summed E-state index contributed by atoms with van der Waals surface area (Å²) in [7, 11) is 1.29. The van der Waals surface area contributed by atoms with Gasteiger partial charge in [-0.15, -0.1) is 0 Å². The lowest BCUT2D eigenvalue weighted by molar-refractivity contribution is -0.137. The minimum atomic E-state index is -0.694. The van der Waals surface area contributed by atoms with Crippen LogP contribution in [0.1, 0.15) is 90.0 Å². The van der Waals surface area contributed by atoms with Crippen molar-refractivity contribution in [2.24, 2.45) is 5.92 Å². The molecule has 5 aromatic rings. The number of fused-ring (bicyclic) bond motifs is 1. The van der Waals surface area contributed by atoms with E-state index in [1.807, 2.05) is 68.1 Å². The SMILES string of the molecule is CCC[C@H](NC(C)=O)C(=O)N1CCC[C@H]1c1ncc(-c2ccc3nc(-c4ccc(-c5cnc([C@@H]6CCCN6C(=O)[C@@H](NC(=O)OC)C(C)C)[nH]5)cc4)cnc3c2)[nH]1. The first kappa shape index (κ1) is 39.1. The average molecular weight is 775 g/mol. The summed E-state index contributed by atoms with van der Waals surface area (Å²) < 4.78 is 4.75. The largest absolute Gasteiger partial charge is 0.453 e. The Morgan fingerprint density at radius 3 is 1.98 bits per heavy atom. The van der Waals surface area contributed by atoms with Crippen LogP contribution in [0.25, 0.3) is 44.8 Å².